The number of methoxy groups -OCH3 is 1. The van der Waals surface area contributed by atoms with Gasteiger partial charge in [0.2, 0.25) is 5.89 Å². The number of hydrogen-bond acceptors (Lipinski definition) is 6. The third kappa shape index (κ3) is 4.22. The lowest BCUT2D eigenvalue weighted by Crippen LogP contribution is -2.46. The Morgan fingerprint density at radius 1 is 1.22 bits per heavy atom. The van der Waals surface area contributed by atoms with Crippen LogP contribution in [0.2, 0.25) is 0 Å². The predicted octanol–water partition coefficient (Wildman–Crippen LogP) is 3.21. The van der Waals surface area contributed by atoms with Gasteiger partial charge in [-0.15, -0.1) is 0 Å². The van der Waals surface area contributed by atoms with Crippen LogP contribution in [0.15, 0.2) is 47.1 Å². The number of fused-ring (bicyclic) bond motifs is 1. The standard InChI is InChI=1S/C19H20N4O4/c1-11(2)16(18(24)26-3)23-19(25)21-13-6-7-15-14(9-13)22-17(27-15)12-5-4-8-20-10-12/h4-11,16H,1-3H3,(H2,21,23,25). The Balaban J connectivity index is 1.75. The van der Waals surface area contributed by atoms with E-state index in [4.69, 9.17) is 9.15 Å². The summed E-state index contributed by atoms with van der Waals surface area (Å²) >= 11 is 0. The maximum atomic E-state index is 12.2. The van der Waals surface area contributed by atoms with Gasteiger partial charge in [-0.25, -0.2) is 14.6 Å². The molecule has 2 amide bonds. The van der Waals surface area contributed by atoms with Crippen molar-refractivity contribution in [1.29, 1.82) is 0 Å². The first-order valence-electron chi connectivity index (χ1n) is 8.44. The van der Waals surface area contributed by atoms with Gasteiger partial charge < -0.3 is 19.8 Å². The van der Waals surface area contributed by atoms with Crippen molar-refractivity contribution in [1.82, 2.24) is 15.3 Å². The fraction of sp³-hybridized carbons (Fsp3) is 0.263. The van der Waals surface area contributed by atoms with Crippen molar-refractivity contribution in [2.24, 2.45) is 5.92 Å². The minimum absolute atomic E-state index is 0.108. The van der Waals surface area contributed by atoms with Gasteiger partial charge in [-0.2, -0.15) is 0 Å². The van der Waals surface area contributed by atoms with E-state index in [2.05, 4.69) is 20.6 Å². The molecule has 3 rings (SSSR count). The van der Waals surface area contributed by atoms with Gasteiger partial charge in [-0.05, 0) is 36.2 Å². The summed E-state index contributed by atoms with van der Waals surface area (Å²) in [6.07, 6.45) is 3.34. The lowest BCUT2D eigenvalue weighted by Gasteiger charge is -2.20. The average Bonchev–Trinajstić information content (AvgIpc) is 3.09. The van der Waals surface area contributed by atoms with Crippen molar-refractivity contribution in [3.8, 4) is 11.5 Å². The number of amides is 2. The van der Waals surface area contributed by atoms with Gasteiger partial charge in [0.1, 0.15) is 11.6 Å². The van der Waals surface area contributed by atoms with Gasteiger partial charge in [-0.3, -0.25) is 4.98 Å². The van der Waals surface area contributed by atoms with Crippen LogP contribution in [0.5, 0.6) is 0 Å². The molecular weight excluding hydrogens is 348 g/mol. The predicted molar refractivity (Wildman–Crippen MR) is 100 cm³/mol. The van der Waals surface area contributed by atoms with Gasteiger partial charge in [0.25, 0.3) is 0 Å². The Kier molecular flexibility index (Phi) is 5.35. The minimum Gasteiger partial charge on any atom is -0.467 e. The van der Waals surface area contributed by atoms with Gasteiger partial charge in [0, 0.05) is 18.1 Å². The van der Waals surface area contributed by atoms with Gasteiger partial charge in [-0.1, -0.05) is 13.8 Å². The molecule has 27 heavy (non-hydrogen) atoms. The number of esters is 1. The molecule has 2 aromatic heterocycles. The number of rotatable bonds is 5. The highest BCUT2D eigenvalue weighted by molar-refractivity contribution is 5.94. The van der Waals surface area contributed by atoms with Crippen LogP contribution in [0.25, 0.3) is 22.6 Å². The van der Waals surface area contributed by atoms with Crippen LogP contribution in [0.4, 0.5) is 10.5 Å². The molecule has 8 heteroatoms. The van der Waals surface area contributed by atoms with E-state index in [0.717, 1.165) is 5.56 Å². The molecule has 2 heterocycles. The van der Waals surface area contributed by atoms with E-state index in [-0.39, 0.29) is 5.92 Å². The Morgan fingerprint density at radius 3 is 2.70 bits per heavy atom. The molecule has 3 aromatic rings. The number of anilines is 1. The zero-order valence-electron chi connectivity index (χ0n) is 15.2. The molecule has 1 atom stereocenters. The summed E-state index contributed by atoms with van der Waals surface area (Å²) in [5.74, 6) is -0.151. The smallest absolute Gasteiger partial charge is 0.328 e. The van der Waals surface area contributed by atoms with E-state index in [1.807, 2.05) is 19.9 Å². The molecule has 8 nitrogen and oxygen atoms in total. The highest BCUT2D eigenvalue weighted by Gasteiger charge is 2.25. The number of oxazole rings is 1. The molecule has 0 spiro atoms. The highest BCUT2D eigenvalue weighted by Crippen LogP contribution is 2.25. The lowest BCUT2D eigenvalue weighted by atomic mass is 10.1. The Labute approximate surface area is 155 Å². The second-order valence-electron chi connectivity index (χ2n) is 6.29. The summed E-state index contributed by atoms with van der Waals surface area (Å²) < 4.78 is 10.4. The molecule has 1 aromatic carbocycles. The van der Waals surface area contributed by atoms with E-state index >= 15 is 0 Å². The third-order valence-corrected chi connectivity index (χ3v) is 3.96. The molecule has 0 bridgehead atoms. The molecule has 0 fully saturated rings. The topological polar surface area (TPSA) is 106 Å². The highest BCUT2D eigenvalue weighted by atomic mass is 16.5. The summed E-state index contributed by atoms with van der Waals surface area (Å²) in [5, 5.41) is 5.31. The zero-order chi connectivity index (χ0) is 19.4. The maximum Gasteiger partial charge on any atom is 0.328 e. The Bertz CT molecular complexity index is 953. The van der Waals surface area contributed by atoms with Crippen molar-refractivity contribution < 1.29 is 18.7 Å². The van der Waals surface area contributed by atoms with Crippen LogP contribution in [0, 0.1) is 5.92 Å². The molecular formula is C19H20N4O4. The fourth-order valence-electron chi connectivity index (χ4n) is 2.55. The van der Waals surface area contributed by atoms with Crippen LogP contribution < -0.4 is 10.6 Å². The normalized spacial score (nSPS) is 12.0. The van der Waals surface area contributed by atoms with E-state index in [9.17, 15) is 9.59 Å². The molecule has 0 saturated heterocycles. The number of ether oxygens (including phenoxy) is 1. The SMILES string of the molecule is COC(=O)C(NC(=O)Nc1ccc2oc(-c3cccnc3)nc2c1)C(C)C. The minimum atomic E-state index is -0.733. The number of urea groups is 1. The molecule has 0 aliphatic heterocycles. The monoisotopic (exact) mass is 368 g/mol. The lowest BCUT2D eigenvalue weighted by molar-refractivity contribution is -0.143. The number of nitrogens with one attached hydrogen (secondary N) is 2. The first-order valence-corrected chi connectivity index (χ1v) is 8.44. The van der Waals surface area contributed by atoms with Crippen LogP contribution in [0.3, 0.4) is 0 Å². The Morgan fingerprint density at radius 2 is 2.04 bits per heavy atom. The van der Waals surface area contributed by atoms with Crippen molar-refractivity contribution in [2.45, 2.75) is 19.9 Å². The number of carbonyl (C=O) groups excluding carboxylic acids is 2. The number of pyridine rings is 1. The Hall–Kier alpha value is -3.42. The number of carbonyl (C=O) groups is 2. The molecule has 0 saturated carbocycles. The summed E-state index contributed by atoms with van der Waals surface area (Å²) in [6, 6.07) is 7.52. The summed E-state index contributed by atoms with van der Waals surface area (Å²) in [7, 11) is 1.29. The second-order valence-corrected chi connectivity index (χ2v) is 6.29. The van der Waals surface area contributed by atoms with Crippen molar-refractivity contribution in [3.05, 3.63) is 42.7 Å². The quantitative estimate of drug-likeness (QED) is 0.670. The summed E-state index contributed by atoms with van der Waals surface area (Å²) in [5.41, 5.74) is 2.48. The van der Waals surface area contributed by atoms with Crippen LogP contribution in [-0.4, -0.2) is 35.1 Å². The van der Waals surface area contributed by atoms with Crippen molar-refractivity contribution >= 4 is 28.8 Å². The van der Waals surface area contributed by atoms with Crippen molar-refractivity contribution in [3.63, 3.8) is 0 Å². The summed E-state index contributed by atoms with van der Waals surface area (Å²) in [4.78, 5) is 32.5. The molecule has 1 unspecified atom stereocenters. The maximum absolute atomic E-state index is 12.2. The van der Waals surface area contributed by atoms with Crippen LogP contribution in [0.1, 0.15) is 13.8 Å². The van der Waals surface area contributed by atoms with Crippen molar-refractivity contribution in [2.75, 3.05) is 12.4 Å². The molecule has 0 radical (unpaired) electrons. The van der Waals surface area contributed by atoms with Crippen LogP contribution >= 0.6 is 0 Å². The summed E-state index contributed by atoms with van der Waals surface area (Å²) in [6.45, 7) is 3.65. The number of aromatic nitrogens is 2. The third-order valence-electron chi connectivity index (χ3n) is 3.96. The van der Waals surface area contributed by atoms with E-state index in [1.165, 1.54) is 7.11 Å². The largest absolute Gasteiger partial charge is 0.467 e. The van der Waals surface area contributed by atoms with Crippen LogP contribution in [-0.2, 0) is 9.53 Å². The first-order chi connectivity index (χ1) is 13.0. The molecule has 2 N–H and O–H groups in total. The van der Waals surface area contributed by atoms with Gasteiger partial charge in [0.15, 0.2) is 5.58 Å². The van der Waals surface area contributed by atoms with E-state index in [1.54, 1.807) is 36.7 Å². The molecule has 140 valence electrons. The fourth-order valence-corrected chi connectivity index (χ4v) is 2.55. The average molecular weight is 368 g/mol. The number of nitrogens with zero attached hydrogens (tertiary/aromatic N) is 2. The van der Waals surface area contributed by atoms with Gasteiger partial charge in [0.05, 0.1) is 12.7 Å². The zero-order valence-corrected chi connectivity index (χ0v) is 15.2. The second kappa shape index (κ2) is 7.86. The van der Waals surface area contributed by atoms with Gasteiger partial charge >= 0.3 is 12.0 Å². The van der Waals surface area contributed by atoms with E-state index < -0.39 is 18.0 Å². The number of benzene rings is 1. The number of hydrogen-bond donors (Lipinski definition) is 2. The molecule has 0 aliphatic rings. The molecule has 0 aliphatic carbocycles. The van der Waals surface area contributed by atoms with E-state index in [0.29, 0.717) is 22.7 Å². The first kappa shape index (κ1) is 18.4.